The molecule has 0 aromatic carbocycles. The highest BCUT2D eigenvalue weighted by atomic mass is 32.2. The summed E-state index contributed by atoms with van der Waals surface area (Å²) in [7, 11) is -3.20. The lowest BCUT2D eigenvalue weighted by Crippen LogP contribution is -2.50. The van der Waals surface area contributed by atoms with Gasteiger partial charge < -0.3 is 10.5 Å². The molecule has 1 aliphatic rings. The summed E-state index contributed by atoms with van der Waals surface area (Å²) in [5.41, 5.74) is 5.94. The fraction of sp³-hybridized carbons (Fsp3) is 0.800. The first-order valence-electron chi connectivity index (χ1n) is 5.05. The van der Waals surface area contributed by atoms with E-state index >= 15 is 0 Å². The third kappa shape index (κ3) is 2.52. The van der Waals surface area contributed by atoms with Crippen LogP contribution in [0.1, 0.15) is 26.7 Å². The first-order valence-corrected chi connectivity index (χ1v) is 6.94. The molecule has 0 spiro atoms. The van der Waals surface area contributed by atoms with Crippen LogP contribution in [-0.2, 0) is 14.6 Å². The van der Waals surface area contributed by atoms with Gasteiger partial charge in [0, 0.05) is 6.26 Å². The van der Waals surface area contributed by atoms with Crippen LogP contribution in [0.4, 0.5) is 0 Å². The van der Waals surface area contributed by atoms with Crippen molar-refractivity contribution in [2.45, 2.75) is 37.5 Å². The molecule has 4 nitrogen and oxygen atoms in total. The van der Waals surface area contributed by atoms with Gasteiger partial charge in [0.25, 0.3) is 0 Å². The van der Waals surface area contributed by atoms with E-state index in [4.69, 9.17) is 10.5 Å². The molecule has 0 aromatic heterocycles. The zero-order valence-corrected chi connectivity index (χ0v) is 10.3. The average molecular weight is 233 g/mol. The maximum Gasteiger partial charge on any atom is 0.154 e. The highest BCUT2D eigenvalue weighted by Gasteiger charge is 2.39. The zero-order valence-electron chi connectivity index (χ0n) is 9.49. The lowest BCUT2D eigenvalue weighted by atomic mass is 10.0. The van der Waals surface area contributed by atoms with Gasteiger partial charge in [0.1, 0.15) is 5.76 Å². The minimum absolute atomic E-state index is 0.590. The molecule has 1 heterocycles. The minimum atomic E-state index is -3.20. The molecule has 1 atom stereocenters. The molecule has 2 N–H and O–H groups in total. The zero-order chi connectivity index (χ0) is 11.7. The van der Waals surface area contributed by atoms with E-state index in [2.05, 4.69) is 0 Å². The monoisotopic (exact) mass is 233 g/mol. The second kappa shape index (κ2) is 4.14. The Morgan fingerprint density at radius 3 is 2.53 bits per heavy atom. The third-order valence-corrected chi connectivity index (χ3v) is 5.14. The summed E-state index contributed by atoms with van der Waals surface area (Å²) in [6.07, 6.45) is 4.97. The van der Waals surface area contributed by atoms with Gasteiger partial charge in [-0.2, -0.15) is 0 Å². The normalized spacial score (nSPS) is 20.4. The van der Waals surface area contributed by atoms with Crippen molar-refractivity contribution in [1.82, 2.24) is 0 Å². The standard InChI is InChI=1S/C10H19NO3S/c1-10(2,15(3,12)13)9(11)8-6-4-5-7-14-8/h6,9H,4-5,7,11H2,1-3H3. The van der Waals surface area contributed by atoms with Gasteiger partial charge in [-0.1, -0.05) is 0 Å². The van der Waals surface area contributed by atoms with E-state index < -0.39 is 20.6 Å². The van der Waals surface area contributed by atoms with Crippen molar-refractivity contribution in [2.24, 2.45) is 5.73 Å². The topological polar surface area (TPSA) is 69.4 Å². The molecule has 88 valence electrons. The molecule has 0 saturated heterocycles. The maximum atomic E-state index is 11.6. The van der Waals surface area contributed by atoms with Crippen molar-refractivity contribution in [3.63, 3.8) is 0 Å². The van der Waals surface area contributed by atoms with Crippen LogP contribution >= 0.6 is 0 Å². The van der Waals surface area contributed by atoms with Crippen LogP contribution < -0.4 is 5.73 Å². The van der Waals surface area contributed by atoms with E-state index in [0.717, 1.165) is 12.8 Å². The van der Waals surface area contributed by atoms with Crippen LogP contribution in [0.25, 0.3) is 0 Å². The molecule has 0 amide bonds. The van der Waals surface area contributed by atoms with E-state index in [9.17, 15) is 8.42 Å². The molecule has 0 bridgehead atoms. The van der Waals surface area contributed by atoms with Crippen molar-refractivity contribution in [3.8, 4) is 0 Å². The number of hydrogen-bond acceptors (Lipinski definition) is 4. The maximum absolute atomic E-state index is 11.6. The van der Waals surface area contributed by atoms with Gasteiger partial charge in [-0.3, -0.25) is 0 Å². The summed E-state index contributed by atoms with van der Waals surface area (Å²) in [4.78, 5) is 0. The second-order valence-corrected chi connectivity index (χ2v) is 7.05. The summed E-state index contributed by atoms with van der Waals surface area (Å²) >= 11 is 0. The van der Waals surface area contributed by atoms with Crippen molar-refractivity contribution in [2.75, 3.05) is 12.9 Å². The molecule has 5 heteroatoms. The predicted octanol–water partition coefficient (Wildman–Crippen LogP) is 0.831. The highest BCUT2D eigenvalue weighted by Crippen LogP contribution is 2.26. The number of allylic oxidation sites excluding steroid dienone is 1. The van der Waals surface area contributed by atoms with Crippen LogP contribution in [0.2, 0.25) is 0 Å². The summed E-state index contributed by atoms with van der Waals surface area (Å²) in [5.74, 6) is 0.608. The molecule has 0 aromatic rings. The SMILES string of the molecule is CC(C)(C(N)C1=CCCCO1)S(C)(=O)=O. The molecular weight excluding hydrogens is 214 g/mol. The Kier molecular flexibility index (Phi) is 3.45. The van der Waals surface area contributed by atoms with Crippen LogP contribution in [0.3, 0.4) is 0 Å². The molecule has 0 radical (unpaired) electrons. The number of nitrogens with two attached hydrogens (primary N) is 1. The summed E-state index contributed by atoms with van der Waals surface area (Å²) in [6.45, 7) is 3.89. The molecular formula is C10H19NO3S. The molecule has 0 saturated carbocycles. The van der Waals surface area contributed by atoms with E-state index in [1.807, 2.05) is 6.08 Å². The Hall–Kier alpha value is -0.550. The molecule has 1 aliphatic heterocycles. The molecule has 1 unspecified atom stereocenters. The van der Waals surface area contributed by atoms with Crippen molar-refractivity contribution < 1.29 is 13.2 Å². The van der Waals surface area contributed by atoms with Crippen molar-refractivity contribution >= 4 is 9.84 Å². The second-order valence-electron chi connectivity index (χ2n) is 4.45. The van der Waals surface area contributed by atoms with Crippen LogP contribution in [-0.4, -0.2) is 32.1 Å². The Balaban J connectivity index is 2.93. The van der Waals surface area contributed by atoms with E-state index in [-0.39, 0.29) is 0 Å². The number of rotatable bonds is 3. The van der Waals surface area contributed by atoms with Crippen LogP contribution in [0.5, 0.6) is 0 Å². The predicted molar refractivity (Wildman–Crippen MR) is 60.2 cm³/mol. The molecule has 1 rings (SSSR count). The van der Waals surface area contributed by atoms with Crippen molar-refractivity contribution in [1.29, 1.82) is 0 Å². The van der Waals surface area contributed by atoms with Gasteiger partial charge in [-0.25, -0.2) is 8.42 Å². The lowest BCUT2D eigenvalue weighted by Gasteiger charge is -2.32. The minimum Gasteiger partial charge on any atom is -0.497 e. The summed E-state index contributed by atoms with van der Waals surface area (Å²) in [5, 5.41) is 0. The van der Waals surface area contributed by atoms with Gasteiger partial charge in [0.05, 0.1) is 17.4 Å². The molecule has 0 aliphatic carbocycles. The molecule has 0 fully saturated rings. The highest BCUT2D eigenvalue weighted by molar-refractivity contribution is 7.92. The largest absolute Gasteiger partial charge is 0.497 e. The number of ether oxygens (including phenoxy) is 1. The van der Waals surface area contributed by atoms with Crippen molar-refractivity contribution in [3.05, 3.63) is 11.8 Å². The van der Waals surface area contributed by atoms with Gasteiger partial charge >= 0.3 is 0 Å². The summed E-state index contributed by atoms with van der Waals surface area (Å²) in [6, 6.07) is -0.590. The van der Waals surface area contributed by atoms with Crippen LogP contribution in [0, 0.1) is 0 Å². The third-order valence-electron chi connectivity index (χ3n) is 2.97. The number of sulfone groups is 1. The smallest absolute Gasteiger partial charge is 0.154 e. The van der Waals surface area contributed by atoms with Gasteiger partial charge in [-0.05, 0) is 32.8 Å². The fourth-order valence-corrected chi connectivity index (χ4v) is 1.94. The Labute approximate surface area is 91.4 Å². The first kappa shape index (κ1) is 12.5. The Morgan fingerprint density at radius 2 is 2.13 bits per heavy atom. The van der Waals surface area contributed by atoms with Gasteiger partial charge in [-0.15, -0.1) is 0 Å². The Bertz CT molecular complexity index is 357. The van der Waals surface area contributed by atoms with Gasteiger partial charge in [0.15, 0.2) is 9.84 Å². The average Bonchev–Trinajstić information content (AvgIpc) is 2.16. The summed E-state index contributed by atoms with van der Waals surface area (Å²) < 4.78 is 27.6. The fourth-order valence-electron chi connectivity index (χ4n) is 1.37. The van der Waals surface area contributed by atoms with Crippen LogP contribution in [0.15, 0.2) is 11.8 Å². The quantitative estimate of drug-likeness (QED) is 0.784. The number of hydrogen-bond donors (Lipinski definition) is 1. The van der Waals surface area contributed by atoms with E-state index in [1.165, 1.54) is 6.26 Å². The molecule has 15 heavy (non-hydrogen) atoms. The van der Waals surface area contributed by atoms with E-state index in [1.54, 1.807) is 13.8 Å². The Morgan fingerprint density at radius 1 is 1.53 bits per heavy atom. The van der Waals surface area contributed by atoms with E-state index in [0.29, 0.717) is 12.4 Å². The first-order chi connectivity index (χ1) is 6.77. The van der Waals surface area contributed by atoms with Gasteiger partial charge in [0.2, 0.25) is 0 Å². The lowest BCUT2D eigenvalue weighted by molar-refractivity contribution is 0.168.